The molecule has 0 saturated carbocycles. The highest BCUT2D eigenvalue weighted by molar-refractivity contribution is 6.35. The number of aliphatic hydroxyl groups is 1. The molecule has 1 aliphatic heterocycles. The molecule has 1 fully saturated rings. The van der Waals surface area contributed by atoms with Crippen LogP contribution >= 0.6 is 23.2 Å². The molecular weight excluding hydrogens is 609 g/mol. The van der Waals surface area contributed by atoms with Crippen LogP contribution in [0.3, 0.4) is 0 Å². The SMILES string of the molecule is CN1CCC[C@H](COc2cccc(-c3cccc4c3CCC4Oc3cc(OCc4cncc(C#N)c4)c(CO)cc3Cl)c2Cl)C1. The van der Waals surface area contributed by atoms with E-state index in [1.54, 1.807) is 24.4 Å². The van der Waals surface area contributed by atoms with E-state index < -0.39 is 0 Å². The minimum absolute atomic E-state index is 0.174. The number of hydrogen-bond donors (Lipinski definition) is 1. The third-order valence-electron chi connectivity index (χ3n) is 8.54. The number of pyridine rings is 1. The van der Waals surface area contributed by atoms with E-state index in [1.165, 1.54) is 24.6 Å². The molecule has 0 bridgehead atoms. The lowest BCUT2D eigenvalue weighted by Gasteiger charge is -2.29. The monoisotopic (exact) mass is 643 g/mol. The molecule has 7 nitrogen and oxygen atoms in total. The van der Waals surface area contributed by atoms with Crippen molar-refractivity contribution in [1.82, 2.24) is 9.88 Å². The van der Waals surface area contributed by atoms with Gasteiger partial charge < -0.3 is 24.2 Å². The molecule has 0 radical (unpaired) electrons. The van der Waals surface area contributed by atoms with Gasteiger partial charge in [-0.3, -0.25) is 4.98 Å². The van der Waals surface area contributed by atoms with Gasteiger partial charge in [0.1, 0.15) is 36.0 Å². The van der Waals surface area contributed by atoms with Crippen LogP contribution in [0.15, 0.2) is 67.0 Å². The van der Waals surface area contributed by atoms with Gasteiger partial charge in [-0.1, -0.05) is 53.5 Å². The second-order valence-electron chi connectivity index (χ2n) is 11.7. The summed E-state index contributed by atoms with van der Waals surface area (Å²) in [4.78, 5) is 6.45. The minimum atomic E-state index is -0.247. The van der Waals surface area contributed by atoms with Gasteiger partial charge in [0.15, 0.2) is 0 Å². The lowest BCUT2D eigenvalue weighted by atomic mass is 9.96. The first-order valence-electron chi connectivity index (χ1n) is 15.2. The Morgan fingerprint density at radius 3 is 2.67 bits per heavy atom. The number of nitriles is 1. The number of benzene rings is 3. The molecule has 6 rings (SSSR count). The minimum Gasteiger partial charge on any atom is -0.492 e. The van der Waals surface area contributed by atoms with Crippen LogP contribution in [0.25, 0.3) is 11.1 Å². The van der Waals surface area contributed by atoms with Gasteiger partial charge in [0, 0.05) is 47.6 Å². The predicted octanol–water partition coefficient (Wildman–Crippen LogP) is 7.79. The molecule has 0 spiro atoms. The summed E-state index contributed by atoms with van der Waals surface area (Å²) >= 11 is 13.6. The van der Waals surface area contributed by atoms with E-state index in [1.807, 2.05) is 24.3 Å². The van der Waals surface area contributed by atoms with Crippen LogP contribution in [0, 0.1) is 17.2 Å². The number of aromatic nitrogens is 1. The first-order chi connectivity index (χ1) is 21.9. The van der Waals surface area contributed by atoms with Gasteiger partial charge in [-0.25, -0.2) is 0 Å². The Kier molecular flexibility index (Phi) is 9.77. The zero-order valence-electron chi connectivity index (χ0n) is 25.1. The number of aliphatic hydroxyl groups excluding tert-OH is 1. The fraction of sp³-hybridized carbons (Fsp3) is 0.333. The average Bonchev–Trinajstić information content (AvgIpc) is 3.47. The second-order valence-corrected chi connectivity index (χ2v) is 12.5. The summed E-state index contributed by atoms with van der Waals surface area (Å²) in [5, 5.41) is 20.2. The van der Waals surface area contributed by atoms with Crippen LogP contribution in [0.5, 0.6) is 17.2 Å². The number of fused-ring (bicyclic) bond motifs is 1. The number of nitrogens with zero attached hydrogens (tertiary/aromatic N) is 3. The van der Waals surface area contributed by atoms with Gasteiger partial charge in [-0.15, -0.1) is 0 Å². The average molecular weight is 645 g/mol. The van der Waals surface area contributed by atoms with Gasteiger partial charge in [-0.05, 0) is 74.2 Å². The zero-order chi connectivity index (χ0) is 31.3. The third kappa shape index (κ3) is 7.05. The number of hydrogen-bond acceptors (Lipinski definition) is 7. The molecule has 9 heteroatoms. The van der Waals surface area contributed by atoms with E-state index in [0.717, 1.165) is 48.2 Å². The fourth-order valence-electron chi connectivity index (χ4n) is 6.30. The summed E-state index contributed by atoms with van der Waals surface area (Å²) in [7, 11) is 2.16. The van der Waals surface area contributed by atoms with E-state index in [9.17, 15) is 10.4 Å². The van der Waals surface area contributed by atoms with Crippen molar-refractivity contribution >= 4 is 23.2 Å². The van der Waals surface area contributed by atoms with Crippen molar-refractivity contribution < 1.29 is 19.3 Å². The Hall–Kier alpha value is -3.80. The molecule has 4 aromatic rings. The summed E-state index contributed by atoms with van der Waals surface area (Å²) in [5.41, 5.74) is 6.03. The molecule has 3 aromatic carbocycles. The Bertz CT molecular complexity index is 1720. The molecule has 45 heavy (non-hydrogen) atoms. The maximum atomic E-state index is 9.96. The summed E-state index contributed by atoms with van der Waals surface area (Å²) in [5.74, 6) is 2.13. The largest absolute Gasteiger partial charge is 0.492 e. The van der Waals surface area contributed by atoms with Gasteiger partial charge in [-0.2, -0.15) is 5.26 Å². The lowest BCUT2D eigenvalue weighted by molar-refractivity contribution is 0.150. The maximum Gasteiger partial charge on any atom is 0.142 e. The number of halogens is 2. The van der Waals surface area contributed by atoms with Crippen LogP contribution in [0.1, 0.15) is 53.2 Å². The Morgan fingerprint density at radius 2 is 1.84 bits per heavy atom. The van der Waals surface area contributed by atoms with E-state index in [2.05, 4.69) is 35.1 Å². The van der Waals surface area contributed by atoms with Gasteiger partial charge in [0.05, 0.1) is 28.8 Å². The van der Waals surface area contributed by atoms with E-state index >= 15 is 0 Å². The number of piperidine rings is 1. The van der Waals surface area contributed by atoms with Crippen molar-refractivity contribution in [2.75, 3.05) is 26.7 Å². The number of ether oxygens (including phenoxy) is 3. The molecule has 232 valence electrons. The highest BCUT2D eigenvalue weighted by Crippen LogP contribution is 2.45. The topological polar surface area (TPSA) is 87.8 Å². The van der Waals surface area contributed by atoms with E-state index in [-0.39, 0.29) is 19.3 Å². The van der Waals surface area contributed by atoms with Crippen LogP contribution in [0.2, 0.25) is 10.0 Å². The van der Waals surface area contributed by atoms with Crippen LogP contribution in [-0.4, -0.2) is 41.7 Å². The Balaban J connectivity index is 1.20. The van der Waals surface area contributed by atoms with Crippen molar-refractivity contribution in [3.8, 4) is 34.4 Å². The maximum absolute atomic E-state index is 9.96. The molecule has 1 saturated heterocycles. The second kappa shape index (κ2) is 14.1. The predicted molar refractivity (Wildman–Crippen MR) is 175 cm³/mol. The first-order valence-corrected chi connectivity index (χ1v) is 16.0. The van der Waals surface area contributed by atoms with Crippen molar-refractivity contribution in [2.45, 2.75) is 45.0 Å². The molecule has 1 aromatic heterocycles. The van der Waals surface area contributed by atoms with Crippen molar-refractivity contribution in [3.63, 3.8) is 0 Å². The number of likely N-dealkylation sites (tertiary alicyclic amines) is 1. The lowest BCUT2D eigenvalue weighted by Crippen LogP contribution is -2.34. The molecule has 2 aliphatic rings. The summed E-state index contributed by atoms with van der Waals surface area (Å²) in [6, 6.07) is 19.4. The van der Waals surface area contributed by atoms with Crippen LogP contribution in [0.4, 0.5) is 0 Å². The Morgan fingerprint density at radius 1 is 1.00 bits per heavy atom. The van der Waals surface area contributed by atoms with Crippen molar-refractivity contribution in [2.24, 2.45) is 5.92 Å². The van der Waals surface area contributed by atoms with Gasteiger partial charge >= 0.3 is 0 Å². The molecule has 0 amide bonds. The van der Waals surface area contributed by atoms with Crippen LogP contribution < -0.4 is 14.2 Å². The quantitative estimate of drug-likeness (QED) is 0.189. The van der Waals surface area contributed by atoms with Gasteiger partial charge in [0.2, 0.25) is 0 Å². The molecule has 1 N–H and O–H groups in total. The smallest absolute Gasteiger partial charge is 0.142 e. The molecule has 2 atom stereocenters. The normalized spacial score (nSPS) is 17.8. The zero-order valence-corrected chi connectivity index (χ0v) is 26.7. The molecular formula is C36H35Cl2N3O4. The first kappa shape index (κ1) is 31.2. The van der Waals surface area contributed by atoms with Crippen molar-refractivity contribution in [3.05, 3.63) is 105 Å². The van der Waals surface area contributed by atoms with Gasteiger partial charge in [0.25, 0.3) is 0 Å². The van der Waals surface area contributed by atoms with E-state index in [4.69, 9.17) is 37.4 Å². The summed E-state index contributed by atoms with van der Waals surface area (Å²) in [6.45, 7) is 2.76. The van der Waals surface area contributed by atoms with E-state index in [0.29, 0.717) is 50.9 Å². The van der Waals surface area contributed by atoms with Crippen molar-refractivity contribution in [1.29, 1.82) is 5.26 Å². The third-order valence-corrected chi connectivity index (χ3v) is 9.22. The summed E-state index contributed by atoms with van der Waals surface area (Å²) < 4.78 is 18.8. The molecule has 1 unspecified atom stereocenters. The summed E-state index contributed by atoms with van der Waals surface area (Å²) in [6.07, 6.45) is 6.88. The number of rotatable bonds is 10. The standard InChI is InChI=1S/C36H35Cl2N3O4/c1-41-12-4-5-23(19-41)21-43-33-9-3-8-30(36(33)38)27-6-2-7-29-28(27)10-11-32(29)45-35-15-34(26(20-42)14-31(35)37)44-22-25-13-24(16-39)17-40-18-25/h2-3,6-9,13-15,17-18,23,32,42H,4-5,10-12,19-22H2,1H3/t23-,32?/m0/s1. The van der Waals surface area contributed by atoms with Crippen LogP contribution in [-0.2, 0) is 19.6 Å². The highest BCUT2D eigenvalue weighted by Gasteiger charge is 2.29. The fourth-order valence-corrected chi connectivity index (χ4v) is 6.82. The molecule has 2 heterocycles. The highest BCUT2D eigenvalue weighted by atomic mass is 35.5. The Labute approximate surface area is 273 Å². The molecule has 1 aliphatic carbocycles.